The van der Waals surface area contributed by atoms with Crippen LogP contribution >= 0.6 is 7.82 Å². The van der Waals surface area contributed by atoms with E-state index in [9.17, 15) is 19.4 Å². The number of nitrogens with one attached hydrogen (secondary N) is 1. The van der Waals surface area contributed by atoms with Crippen molar-refractivity contribution in [3.63, 3.8) is 0 Å². The molecule has 0 aromatic carbocycles. The second kappa shape index (κ2) is 59.8. The summed E-state index contributed by atoms with van der Waals surface area (Å²) in [7, 11) is 1.63. The third-order valence-electron chi connectivity index (χ3n) is 15.3. The van der Waals surface area contributed by atoms with Gasteiger partial charge in [-0.2, -0.15) is 0 Å². The number of likely N-dealkylation sites (N-methyl/N-ethyl adjacent to an activating group) is 1. The van der Waals surface area contributed by atoms with E-state index in [0.29, 0.717) is 23.9 Å². The standard InChI is InChI=1S/C69H131N2O6P/c1-6-8-10-12-14-16-18-20-22-23-24-25-26-27-28-29-30-31-32-33-34-35-36-37-38-39-40-41-42-43-44-45-46-47-49-51-53-55-57-59-61-63-69(73)70-67(66-77-78(74,75)76-65-64-71(3,4)5)68(72)62-60-58-56-54-52-50-48-21-19-17-15-13-11-9-7-2/h8,10,14,16,20,22,24-25,27-28,67-68,72H,6-7,9,11-13,15,17-19,21,23,26,29-66H2,1-5H3,(H-,70,73,74,75)/p+1/b10-8-,16-14-,22-20-,25-24-,28-27-. The van der Waals surface area contributed by atoms with Crippen molar-refractivity contribution in [2.45, 2.75) is 334 Å². The van der Waals surface area contributed by atoms with Crippen LogP contribution in [0.1, 0.15) is 322 Å². The monoisotopic (exact) mass is 1120 g/mol. The molecule has 0 aliphatic heterocycles. The fourth-order valence-electron chi connectivity index (χ4n) is 10.1. The molecule has 0 heterocycles. The summed E-state index contributed by atoms with van der Waals surface area (Å²) < 4.78 is 23.8. The number of unbranched alkanes of at least 4 members (excludes halogenated alkanes) is 39. The van der Waals surface area contributed by atoms with Gasteiger partial charge in [-0.25, -0.2) is 4.57 Å². The number of allylic oxidation sites excluding steroid dienone is 10. The van der Waals surface area contributed by atoms with E-state index in [2.05, 4.69) is 79.9 Å². The molecule has 0 aromatic heterocycles. The van der Waals surface area contributed by atoms with Gasteiger partial charge in [-0.15, -0.1) is 0 Å². The maximum absolute atomic E-state index is 13.0. The molecule has 458 valence electrons. The maximum atomic E-state index is 13.0. The number of nitrogens with zero attached hydrogens (tertiary/aromatic N) is 1. The van der Waals surface area contributed by atoms with E-state index >= 15 is 0 Å². The number of phosphoric ester groups is 1. The Morgan fingerprint density at radius 2 is 0.769 bits per heavy atom. The van der Waals surface area contributed by atoms with Gasteiger partial charge in [0.05, 0.1) is 39.9 Å². The molecular weight excluding hydrogens is 984 g/mol. The van der Waals surface area contributed by atoms with E-state index in [-0.39, 0.29) is 19.1 Å². The zero-order valence-electron chi connectivity index (χ0n) is 52.4. The average molecular weight is 1120 g/mol. The topological polar surface area (TPSA) is 105 Å². The van der Waals surface area contributed by atoms with Crippen LogP contribution in [0, 0.1) is 0 Å². The number of carbonyl (C=O) groups excluding carboxylic acids is 1. The molecular formula is C69H132N2O6P+. The fraction of sp³-hybridized carbons (Fsp3) is 0.841. The molecule has 3 atom stereocenters. The quantitative estimate of drug-likeness (QED) is 0.0243. The summed E-state index contributed by atoms with van der Waals surface area (Å²) in [6, 6.07) is -0.759. The molecule has 0 aliphatic rings. The predicted molar refractivity (Wildman–Crippen MR) is 341 cm³/mol. The van der Waals surface area contributed by atoms with Gasteiger partial charge < -0.3 is 19.8 Å². The Balaban J connectivity index is 3.86. The molecule has 0 aliphatic carbocycles. The van der Waals surface area contributed by atoms with Gasteiger partial charge in [0.15, 0.2) is 0 Å². The second-order valence-electron chi connectivity index (χ2n) is 24.2. The molecule has 3 N–H and O–H groups in total. The summed E-state index contributed by atoms with van der Waals surface area (Å²) in [5, 5.41) is 14.1. The first-order chi connectivity index (χ1) is 38.0. The molecule has 0 fully saturated rings. The molecule has 0 aromatic rings. The van der Waals surface area contributed by atoms with Crippen molar-refractivity contribution in [1.82, 2.24) is 5.32 Å². The highest BCUT2D eigenvalue weighted by Gasteiger charge is 2.28. The molecule has 1 amide bonds. The van der Waals surface area contributed by atoms with Gasteiger partial charge in [0.1, 0.15) is 13.2 Å². The zero-order chi connectivity index (χ0) is 57.0. The van der Waals surface area contributed by atoms with Crippen molar-refractivity contribution in [3.8, 4) is 0 Å². The molecule has 0 radical (unpaired) electrons. The van der Waals surface area contributed by atoms with E-state index in [1.54, 1.807) is 0 Å². The lowest BCUT2D eigenvalue weighted by molar-refractivity contribution is -0.870. The normalized spacial score (nSPS) is 14.1. The lowest BCUT2D eigenvalue weighted by atomic mass is 10.0. The lowest BCUT2D eigenvalue weighted by Gasteiger charge is -2.26. The van der Waals surface area contributed by atoms with Gasteiger partial charge >= 0.3 is 7.82 Å². The number of hydrogen-bond acceptors (Lipinski definition) is 5. The summed E-state index contributed by atoms with van der Waals surface area (Å²) in [5.41, 5.74) is 0. The van der Waals surface area contributed by atoms with Crippen LogP contribution in [-0.4, -0.2) is 73.4 Å². The van der Waals surface area contributed by atoms with Crippen LogP contribution in [0.15, 0.2) is 60.8 Å². The largest absolute Gasteiger partial charge is 0.472 e. The Hall–Kier alpha value is -1.80. The van der Waals surface area contributed by atoms with Crippen molar-refractivity contribution in [2.24, 2.45) is 0 Å². The van der Waals surface area contributed by atoms with Crippen molar-refractivity contribution in [1.29, 1.82) is 0 Å². The molecule has 0 bridgehead atoms. The van der Waals surface area contributed by atoms with Gasteiger partial charge in [0, 0.05) is 6.42 Å². The minimum Gasteiger partial charge on any atom is -0.391 e. The van der Waals surface area contributed by atoms with E-state index in [1.807, 2.05) is 21.1 Å². The third kappa shape index (κ3) is 61.8. The van der Waals surface area contributed by atoms with Crippen LogP contribution in [0.5, 0.6) is 0 Å². The van der Waals surface area contributed by atoms with Gasteiger partial charge in [0.25, 0.3) is 0 Å². The maximum Gasteiger partial charge on any atom is 0.472 e. The molecule has 9 heteroatoms. The Bertz CT molecular complexity index is 1450. The lowest BCUT2D eigenvalue weighted by Crippen LogP contribution is -2.46. The smallest absolute Gasteiger partial charge is 0.391 e. The molecule has 0 rings (SSSR count). The highest BCUT2D eigenvalue weighted by molar-refractivity contribution is 7.47. The van der Waals surface area contributed by atoms with E-state index in [0.717, 1.165) is 70.6 Å². The highest BCUT2D eigenvalue weighted by Crippen LogP contribution is 2.43. The molecule has 0 saturated carbocycles. The van der Waals surface area contributed by atoms with Crippen LogP contribution < -0.4 is 5.32 Å². The Kier molecular flexibility index (Phi) is 58.4. The zero-order valence-corrected chi connectivity index (χ0v) is 53.3. The summed E-state index contributed by atoms with van der Waals surface area (Å²) in [4.78, 5) is 23.4. The molecule has 0 saturated heterocycles. The van der Waals surface area contributed by atoms with Crippen LogP contribution in [0.25, 0.3) is 0 Å². The predicted octanol–water partition coefficient (Wildman–Crippen LogP) is 21.2. The first kappa shape index (κ1) is 76.2. The van der Waals surface area contributed by atoms with Crippen LogP contribution in [-0.2, 0) is 18.4 Å². The SMILES string of the molecule is CC/C=C\C/C=C\C/C=C\C/C=C\C/C=C\CCCCCCCCCCCCCCCCCCCCCCCCCCCC(=O)NC(COP(=O)(O)OCC[N+](C)(C)C)C(O)CCCCCCCCCCCCCCCCC. The first-order valence-corrected chi connectivity index (χ1v) is 35.1. The van der Waals surface area contributed by atoms with Gasteiger partial charge in [-0.3, -0.25) is 13.8 Å². The minimum absolute atomic E-state index is 0.0763. The third-order valence-corrected chi connectivity index (χ3v) is 16.3. The highest BCUT2D eigenvalue weighted by atomic mass is 31.2. The molecule has 78 heavy (non-hydrogen) atoms. The summed E-state index contributed by atoms with van der Waals surface area (Å²) in [6.45, 7) is 4.81. The fourth-order valence-corrected chi connectivity index (χ4v) is 10.8. The number of aliphatic hydroxyl groups excluding tert-OH is 1. The summed E-state index contributed by atoms with van der Waals surface area (Å²) >= 11 is 0. The Morgan fingerprint density at radius 1 is 0.449 bits per heavy atom. The van der Waals surface area contributed by atoms with Crippen LogP contribution in [0.4, 0.5) is 0 Å². The number of phosphoric acid groups is 1. The van der Waals surface area contributed by atoms with E-state index in [1.165, 1.54) is 225 Å². The summed E-state index contributed by atoms with van der Waals surface area (Å²) in [6.07, 6.45) is 81.8. The van der Waals surface area contributed by atoms with E-state index in [4.69, 9.17) is 9.05 Å². The summed E-state index contributed by atoms with van der Waals surface area (Å²) in [5.74, 6) is -0.139. The molecule has 8 nitrogen and oxygen atoms in total. The minimum atomic E-state index is -4.32. The number of aliphatic hydroxyl groups is 1. The number of rotatable bonds is 62. The number of quaternary nitrogens is 1. The number of amides is 1. The number of carbonyl (C=O) groups is 1. The Labute approximate surface area is 485 Å². The van der Waals surface area contributed by atoms with Crippen molar-refractivity contribution in [2.75, 3.05) is 40.9 Å². The average Bonchev–Trinajstić information content (AvgIpc) is 3.41. The molecule has 0 spiro atoms. The van der Waals surface area contributed by atoms with Crippen molar-refractivity contribution < 1.29 is 32.9 Å². The van der Waals surface area contributed by atoms with Gasteiger partial charge in [0.2, 0.25) is 5.91 Å². The molecule has 3 unspecified atom stereocenters. The van der Waals surface area contributed by atoms with E-state index < -0.39 is 20.0 Å². The van der Waals surface area contributed by atoms with Crippen LogP contribution in [0.2, 0.25) is 0 Å². The van der Waals surface area contributed by atoms with Gasteiger partial charge in [-0.05, 0) is 57.8 Å². The van der Waals surface area contributed by atoms with Crippen molar-refractivity contribution in [3.05, 3.63) is 60.8 Å². The number of hydrogen-bond donors (Lipinski definition) is 3. The Morgan fingerprint density at radius 3 is 1.13 bits per heavy atom. The van der Waals surface area contributed by atoms with Crippen molar-refractivity contribution >= 4 is 13.7 Å². The van der Waals surface area contributed by atoms with Crippen LogP contribution in [0.3, 0.4) is 0 Å². The first-order valence-electron chi connectivity index (χ1n) is 33.7. The second-order valence-corrected chi connectivity index (χ2v) is 25.6. The van der Waals surface area contributed by atoms with Gasteiger partial charge in [-0.1, -0.05) is 319 Å².